The molecule has 0 saturated heterocycles. The molecule has 10 heteroatoms. The monoisotopic (exact) mass is 542 g/mol. The molecule has 0 saturated carbocycles. The first kappa shape index (κ1) is 28.6. The minimum Gasteiger partial charge on any atom is -0.494 e. The fraction of sp³-hybridized carbons (Fsp3) is 0.333. The quantitative estimate of drug-likeness (QED) is 0.0883. The maximum absolute atomic E-state index is 14.1. The lowest BCUT2D eigenvalue weighted by atomic mass is 9.81. The number of amides is 1. The number of carbonyl (C=O) groups is 1. The standard InChI is InChI=1S/C30H34N6O4/c1-2-17-32-35-29(38)30(20-24-11-6-7-12-25(24)21-33-36-31)27(22-9-4-3-5-10-22)40-28(34-30)23-13-15-26(16-14-23)39-19-8-18-37/h3-7,9-16,27,32,37H,2,8,17-21H2,1H3,(H,35,38)/t27-,30-/m0/s1. The smallest absolute Gasteiger partial charge is 0.266 e. The molecule has 1 heterocycles. The molecule has 1 aliphatic rings. The maximum Gasteiger partial charge on any atom is 0.266 e. The summed E-state index contributed by atoms with van der Waals surface area (Å²) >= 11 is 0. The predicted octanol–water partition coefficient (Wildman–Crippen LogP) is 4.79. The van der Waals surface area contributed by atoms with E-state index >= 15 is 0 Å². The summed E-state index contributed by atoms with van der Waals surface area (Å²) in [5.74, 6) is 0.677. The Morgan fingerprint density at radius 3 is 2.52 bits per heavy atom. The van der Waals surface area contributed by atoms with Gasteiger partial charge in [0.15, 0.2) is 11.6 Å². The summed E-state index contributed by atoms with van der Waals surface area (Å²) in [6.45, 7) is 3.24. The molecular weight excluding hydrogens is 508 g/mol. The summed E-state index contributed by atoms with van der Waals surface area (Å²) in [7, 11) is 0. The number of benzene rings is 3. The zero-order valence-corrected chi connectivity index (χ0v) is 22.5. The van der Waals surface area contributed by atoms with Crippen molar-refractivity contribution in [2.75, 3.05) is 19.8 Å². The number of azide groups is 1. The van der Waals surface area contributed by atoms with E-state index in [1.54, 1.807) is 0 Å². The van der Waals surface area contributed by atoms with Gasteiger partial charge in [-0.3, -0.25) is 10.2 Å². The van der Waals surface area contributed by atoms with E-state index in [9.17, 15) is 4.79 Å². The van der Waals surface area contributed by atoms with Gasteiger partial charge in [-0.05, 0) is 52.9 Å². The third-order valence-electron chi connectivity index (χ3n) is 6.59. The Kier molecular flexibility index (Phi) is 10.1. The average molecular weight is 543 g/mol. The Labute approximate surface area is 233 Å². The van der Waals surface area contributed by atoms with Crippen molar-refractivity contribution in [3.8, 4) is 5.75 Å². The normalized spacial score (nSPS) is 17.9. The van der Waals surface area contributed by atoms with Gasteiger partial charge in [-0.2, -0.15) is 0 Å². The topological polar surface area (TPSA) is 141 Å². The van der Waals surface area contributed by atoms with Crippen LogP contribution in [0.25, 0.3) is 10.4 Å². The van der Waals surface area contributed by atoms with Crippen LogP contribution in [0.15, 0.2) is 89.0 Å². The van der Waals surface area contributed by atoms with Gasteiger partial charge in [-0.25, -0.2) is 10.4 Å². The van der Waals surface area contributed by atoms with Crippen LogP contribution < -0.4 is 15.6 Å². The SMILES string of the molecule is CCCNNC(=O)[C@@]1(Cc2ccccc2CN=[N+]=[N-])N=C(c2ccc(OCCCO)cc2)O[C@H]1c1ccccc1. The molecule has 0 aliphatic carbocycles. The lowest BCUT2D eigenvalue weighted by Crippen LogP contribution is -2.54. The molecule has 208 valence electrons. The Morgan fingerprint density at radius 2 is 1.82 bits per heavy atom. The van der Waals surface area contributed by atoms with Crippen molar-refractivity contribution in [3.63, 3.8) is 0 Å². The first-order valence-electron chi connectivity index (χ1n) is 13.4. The molecule has 0 bridgehead atoms. The molecule has 2 atom stereocenters. The summed E-state index contributed by atoms with van der Waals surface area (Å²) in [6, 6.07) is 24.5. The zero-order valence-electron chi connectivity index (χ0n) is 22.5. The molecule has 0 aromatic heterocycles. The number of carbonyl (C=O) groups excluding carboxylic acids is 1. The van der Waals surface area contributed by atoms with Gasteiger partial charge in [0, 0.05) is 36.5 Å². The largest absolute Gasteiger partial charge is 0.494 e. The Balaban J connectivity index is 1.78. The van der Waals surface area contributed by atoms with Crippen LogP contribution in [0.1, 0.15) is 48.1 Å². The first-order valence-corrected chi connectivity index (χ1v) is 13.4. The summed E-state index contributed by atoms with van der Waals surface area (Å²) in [6.07, 6.45) is 0.874. The Bertz CT molecular complexity index is 1340. The second kappa shape index (κ2) is 14.1. The van der Waals surface area contributed by atoms with Gasteiger partial charge in [0.05, 0.1) is 13.2 Å². The van der Waals surface area contributed by atoms with Gasteiger partial charge in [0.25, 0.3) is 5.91 Å². The summed E-state index contributed by atoms with van der Waals surface area (Å²) < 4.78 is 12.2. The van der Waals surface area contributed by atoms with Gasteiger partial charge in [0.2, 0.25) is 5.90 Å². The van der Waals surface area contributed by atoms with Crippen molar-refractivity contribution in [2.24, 2.45) is 10.1 Å². The van der Waals surface area contributed by atoms with Crippen molar-refractivity contribution in [3.05, 3.63) is 112 Å². The highest BCUT2D eigenvalue weighted by Crippen LogP contribution is 2.43. The second-order valence-electron chi connectivity index (χ2n) is 9.42. The van der Waals surface area contributed by atoms with E-state index in [0.717, 1.165) is 23.1 Å². The minimum atomic E-state index is -1.36. The van der Waals surface area contributed by atoms with Crippen LogP contribution in [0.3, 0.4) is 0 Å². The van der Waals surface area contributed by atoms with Crippen molar-refractivity contribution in [1.29, 1.82) is 0 Å². The number of aliphatic hydroxyl groups is 1. The molecule has 3 aromatic rings. The fourth-order valence-corrected chi connectivity index (χ4v) is 4.57. The summed E-state index contributed by atoms with van der Waals surface area (Å²) in [5, 5.41) is 12.8. The molecule has 1 aliphatic heterocycles. The second-order valence-corrected chi connectivity index (χ2v) is 9.42. The number of aliphatic imine (C=N–C) groups is 1. The van der Waals surface area contributed by atoms with Gasteiger partial charge in [-0.1, -0.05) is 66.6 Å². The highest BCUT2D eigenvalue weighted by Gasteiger charge is 2.53. The molecular formula is C30H34N6O4. The number of nitrogens with zero attached hydrogens (tertiary/aromatic N) is 4. The van der Waals surface area contributed by atoms with Crippen molar-refractivity contribution >= 4 is 11.8 Å². The highest BCUT2D eigenvalue weighted by atomic mass is 16.5. The molecule has 3 N–H and O–H groups in total. The van der Waals surface area contributed by atoms with E-state index in [-0.39, 0.29) is 25.5 Å². The van der Waals surface area contributed by atoms with Crippen LogP contribution in [-0.2, 0) is 22.5 Å². The van der Waals surface area contributed by atoms with E-state index in [1.807, 2.05) is 85.8 Å². The molecule has 40 heavy (non-hydrogen) atoms. The summed E-state index contributed by atoms with van der Waals surface area (Å²) in [4.78, 5) is 22.0. The Morgan fingerprint density at radius 1 is 1.10 bits per heavy atom. The molecule has 0 fully saturated rings. The van der Waals surface area contributed by atoms with Crippen LogP contribution in [0.5, 0.6) is 5.75 Å². The Hall–Kier alpha value is -4.37. The third-order valence-corrected chi connectivity index (χ3v) is 6.59. The van der Waals surface area contributed by atoms with Crippen molar-refractivity contribution < 1.29 is 19.4 Å². The van der Waals surface area contributed by atoms with Crippen LogP contribution >= 0.6 is 0 Å². The number of ether oxygens (including phenoxy) is 2. The van der Waals surface area contributed by atoms with Crippen LogP contribution in [0, 0.1) is 0 Å². The molecule has 0 spiro atoms. The zero-order chi connectivity index (χ0) is 28.2. The molecule has 0 unspecified atom stereocenters. The maximum atomic E-state index is 14.1. The first-order chi connectivity index (χ1) is 19.6. The molecule has 4 rings (SSSR count). The van der Waals surface area contributed by atoms with E-state index in [2.05, 4.69) is 20.9 Å². The van der Waals surface area contributed by atoms with E-state index < -0.39 is 11.6 Å². The summed E-state index contributed by atoms with van der Waals surface area (Å²) in [5.41, 5.74) is 16.6. The van der Waals surface area contributed by atoms with Crippen molar-refractivity contribution in [1.82, 2.24) is 10.9 Å². The van der Waals surface area contributed by atoms with Gasteiger partial charge in [-0.15, -0.1) is 0 Å². The number of hydrogen-bond acceptors (Lipinski definition) is 7. The predicted molar refractivity (Wildman–Crippen MR) is 153 cm³/mol. The lowest BCUT2D eigenvalue weighted by molar-refractivity contribution is -0.130. The average Bonchev–Trinajstić information content (AvgIpc) is 3.38. The van der Waals surface area contributed by atoms with Crippen LogP contribution in [-0.4, -0.2) is 42.2 Å². The molecule has 1 amide bonds. The van der Waals surface area contributed by atoms with Crippen molar-refractivity contribution in [2.45, 2.75) is 44.4 Å². The molecule has 10 nitrogen and oxygen atoms in total. The molecule has 0 radical (unpaired) electrons. The lowest BCUT2D eigenvalue weighted by Gasteiger charge is -2.31. The number of hydrogen-bond donors (Lipinski definition) is 3. The fourth-order valence-electron chi connectivity index (χ4n) is 4.57. The number of nitrogens with one attached hydrogen (secondary N) is 2. The van der Waals surface area contributed by atoms with E-state index in [1.165, 1.54) is 0 Å². The van der Waals surface area contributed by atoms with Crippen LogP contribution in [0.4, 0.5) is 0 Å². The minimum absolute atomic E-state index is 0.0624. The van der Waals surface area contributed by atoms with Gasteiger partial charge >= 0.3 is 0 Å². The van der Waals surface area contributed by atoms with Gasteiger partial charge in [0.1, 0.15) is 5.75 Å². The third kappa shape index (κ3) is 6.79. The van der Waals surface area contributed by atoms with Crippen LogP contribution in [0.2, 0.25) is 0 Å². The number of rotatable bonds is 14. The molecule has 3 aromatic carbocycles. The number of hydrazine groups is 1. The van der Waals surface area contributed by atoms with E-state index in [0.29, 0.717) is 36.8 Å². The van der Waals surface area contributed by atoms with Gasteiger partial charge < -0.3 is 14.6 Å². The number of aliphatic hydroxyl groups excluding tert-OH is 1. The highest BCUT2D eigenvalue weighted by molar-refractivity contribution is 6.01. The van der Waals surface area contributed by atoms with E-state index in [4.69, 9.17) is 25.1 Å².